The van der Waals surface area contributed by atoms with Crippen molar-refractivity contribution in [3.8, 4) is 0 Å². The average Bonchev–Trinajstić information content (AvgIpc) is 2.52. The second kappa shape index (κ2) is 13.4. The van der Waals surface area contributed by atoms with Gasteiger partial charge < -0.3 is 18.9 Å². The third kappa shape index (κ3) is 8.10. The predicted octanol–water partition coefficient (Wildman–Crippen LogP) is 4.16. The summed E-state index contributed by atoms with van der Waals surface area (Å²) in [4.78, 5) is 0. The van der Waals surface area contributed by atoms with Gasteiger partial charge in [-0.1, -0.05) is 39.0 Å². The predicted molar refractivity (Wildman–Crippen MR) is 89.6 cm³/mol. The van der Waals surface area contributed by atoms with Crippen molar-refractivity contribution in [2.45, 2.75) is 63.9 Å². The van der Waals surface area contributed by atoms with Gasteiger partial charge in [-0.2, -0.15) is 12.6 Å². The third-order valence-corrected chi connectivity index (χ3v) is 3.72. The van der Waals surface area contributed by atoms with Crippen LogP contribution in [0.4, 0.5) is 0 Å². The van der Waals surface area contributed by atoms with Gasteiger partial charge in [-0.3, -0.25) is 0 Å². The second-order valence-corrected chi connectivity index (χ2v) is 5.32. The largest absolute Gasteiger partial charge is 0.490 e. The molecule has 0 saturated heterocycles. The zero-order chi connectivity index (χ0) is 16.0. The number of methoxy groups -OCH3 is 3. The fourth-order valence-electron chi connectivity index (χ4n) is 2.28. The molecular formula is C16H32O4S. The van der Waals surface area contributed by atoms with Crippen molar-refractivity contribution in [2.75, 3.05) is 27.1 Å². The number of thiol groups is 1. The quantitative estimate of drug-likeness (QED) is 0.226. The molecule has 0 fully saturated rings. The molecule has 0 aliphatic rings. The molecule has 0 N–H and O–H groups in total. The van der Waals surface area contributed by atoms with Gasteiger partial charge >= 0.3 is 5.97 Å². The smallest absolute Gasteiger partial charge is 0.321 e. The van der Waals surface area contributed by atoms with Crippen LogP contribution in [0.3, 0.4) is 0 Å². The van der Waals surface area contributed by atoms with Gasteiger partial charge in [0.05, 0.1) is 6.26 Å². The molecule has 0 amide bonds. The van der Waals surface area contributed by atoms with Crippen molar-refractivity contribution >= 4 is 12.6 Å². The van der Waals surface area contributed by atoms with E-state index >= 15 is 0 Å². The molecule has 0 aliphatic carbocycles. The Morgan fingerprint density at radius 2 is 1.52 bits per heavy atom. The minimum atomic E-state index is -1.16. The standard InChI is InChI=1S/C16H32O4S/c1-5-6-7-8-9-10-12-15(20-13-11-14-21)16(17-2,18-3)19-4/h11,13,15,21H,5-10,12,14H2,1-4H3. The highest BCUT2D eigenvalue weighted by Gasteiger charge is 2.41. The van der Waals surface area contributed by atoms with E-state index in [1.165, 1.54) is 32.1 Å². The van der Waals surface area contributed by atoms with Crippen LogP contribution in [0.2, 0.25) is 0 Å². The first-order chi connectivity index (χ1) is 10.2. The van der Waals surface area contributed by atoms with Crippen LogP contribution in [0, 0.1) is 0 Å². The first-order valence-corrected chi connectivity index (χ1v) is 8.40. The van der Waals surface area contributed by atoms with Crippen molar-refractivity contribution in [3.63, 3.8) is 0 Å². The van der Waals surface area contributed by atoms with Crippen LogP contribution >= 0.6 is 12.6 Å². The maximum Gasteiger partial charge on any atom is 0.321 e. The van der Waals surface area contributed by atoms with Crippen LogP contribution in [0.25, 0.3) is 0 Å². The normalized spacial score (nSPS) is 13.8. The SMILES string of the molecule is CCCCCCCCC(OC=CCS)C(OC)(OC)OC. The summed E-state index contributed by atoms with van der Waals surface area (Å²) in [6.07, 6.45) is 11.4. The Morgan fingerprint density at radius 1 is 0.952 bits per heavy atom. The van der Waals surface area contributed by atoms with Crippen molar-refractivity contribution in [1.29, 1.82) is 0 Å². The van der Waals surface area contributed by atoms with Gasteiger partial charge in [0.2, 0.25) is 0 Å². The molecule has 0 heterocycles. The first kappa shape index (κ1) is 20.8. The molecule has 0 aromatic heterocycles. The zero-order valence-corrected chi connectivity index (χ0v) is 14.9. The summed E-state index contributed by atoms with van der Waals surface area (Å²) in [7, 11) is 4.69. The van der Waals surface area contributed by atoms with Crippen LogP contribution in [0.1, 0.15) is 51.9 Å². The Balaban J connectivity index is 4.41. The molecule has 0 saturated carbocycles. The summed E-state index contributed by atoms with van der Waals surface area (Å²) in [5.74, 6) is -0.534. The third-order valence-electron chi connectivity index (χ3n) is 3.51. The second-order valence-electron chi connectivity index (χ2n) is 4.95. The number of hydrogen-bond donors (Lipinski definition) is 1. The summed E-state index contributed by atoms with van der Waals surface area (Å²) in [5.41, 5.74) is 0. The summed E-state index contributed by atoms with van der Waals surface area (Å²) in [6.45, 7) is 2.22. The Bertz CT molecular complexity index is 246. The summed E-state index contributed by atoms with van der Waals surface area (Å²) in [5, 5.41) is 0. The van der Waals surface area contributed by atoms with Gasteiger partial charge in [0, 0.05) is 27.1 Å². The molecule has 0 aromatic rings. The van der Waals surface area contributed by atoms with E-state index < -0.39 is 5.97 Å². The molecule has 126 valence electrons. The van der Waals surface area contributed by atoms with Crippen LogP contribution in [-0.2, 0) is 18.9 Å². The van der Waals surface area contributed by atoms with Crippen molar-refractivity contribution < 1.29 is 18.9 Å². The monoisotopic (exact) mass is 320 g/mol. The zero-order valence-electron chi connectivity index (χ0n) is 14.0. The van der Waals surface area contributed by atoms with Crippen LogP contribution < -0.4 is 0 Å². The van der Waals surface area contributed by atoms with Crippen molar-refractivity contribution in [2.24, 2.45) is 0 Å². The lowest BCUT2D eigenvalue weighted by atomic mass is 10.1. The molecule has 0 radical (unpaired) electrons. The van der Waals surface area contributed by atoms with Crippen LogP contribution in [-0.4, -0.2) is 39.2 Å². The minimum Gasteiger partial charge on any atom is -0.490 e. The number of unbranched alkanes of at least 4 members (excludes halogenated alkanes) is 5. The van der Waals surface area contributed by atoms with Crippen molar-refractivity contribution in [3.05, 3.63) is 12.3 Å². The molecule has 0 aromatic carbocycles. The number of rotatable bonds is 14. The Hall–Kier alpha value is -0.230. The fraction of sp³-hybridized carbons (Fsp3) is 0.875. The average molecular weight is 320 g/mol. The topological polar surface area (TPSA) is 36.9 Å². The summed E-state index contributed by atoms with van der Waals surface area (Å²) in [6, 6.07) is 0. The lowest BCUT2D eigenvalue weighted by Crippen LogP contribution is -2.48. The molecule has 0 spiro atoms. The van der Waals surface area contributed by atoms with Gasteiger partial charge in [-0.05, 0) is 18.9 Å². The van der Waals surface area contributed by atoms with Gasteiger partial charge in [0.15, 0.2) is 6.10 Å². The van der Waals surface area contributed by atoms with Crippen LogP contribution in [0.5, 0.6) is 0 Å². The maximum absolute atomic E-state index is 5.74. The van der Waals surface area contributed by atoms with Crippen LogP contribution in [0.15, 0.2) is 12.3 Å². The van der Waals surface area contributed by atoms with E-state index in [9.17, 15) is 0 Å². The van der Waals surface area contributed by atoms with E-state index in [1.807, 2.05) is 6.08 Å². The van der Waals surface area contributed by atoms with Gasteiger partial charge in [0.1, 0.15) is 0 Å². The van der Waals surface area contributed by atoms with Gasteiger partial charge in [0.25, 0.3) is 0 Å². The summed E-state index contributed by atoms with van der Waals surface area (Å²) < 4.78 is 22.0. The first-order valence-electron chi connectivity index (χ1n) is 7.77. The Kier molecular flexibility index (Phi) is 13.3. The van der Waals surface area contributed by atoms with E-state index in [2.05, 4.69) is 19.6 Å². The molecule has 1 unspecified atom stereocenters. The van der Waals surface area contributed by atoms with E-state index in [-0.39, 0.29) is 6.10 Å². The summed E-state index contributed by atoms with van der Waals surface area (Å²) >= 11 is 4.12. The Labute approximate surface area is 135 Å². The minimum absolute atomic E-state index is 0.306. The van der Waals surface area contributed by atoms with Gasteiger partial charge in [-0.15, -0.1) is 0 Å². The lowest BCUT2D eigenvalue weighted by molar-refractivity contribution is -0.389. The lowest BCUT2D eigenvalue weighted by Gasteiger charge is -2.35. The highest BCUT2D eigenvalue weighted by molar-refractivity contribution is 7.80. The highest BCUT2D eigenvalue weighted by Crippen LogP contribution is 2.25. The fourth-order valence-corrected chi connectivity index (χ4v) is 2.36. The Morgan fingerprint density at radius 3 is 2.05 bits per heavy atom. The molecule has 5 heteroatoms. The van der Waals surface area contributed by atoms with E-state index in [4.69, 9.17) is 18.9 Å². The molecular weight excluding hydrogens is 288 g/mol. The maximum atomic E-state index is 5.74. The molecule has 0 rings (SSSR count). The molecule has 1 atom stereocenters. The van der Waals surface area contributed by atoms with Gasteiger partial charge in [-0.25, -0.2) is 0 Å². The van der Waals surface area contributed by atoms with E-state index in [0.29, 0.717) is 5.75 Å². The number of ether oxygens (including phenoxy) is 4. The van der Waals surface area contributed by atoms with Crippen molar-refractivity contribution in [1.82, 2.24) is 0 Å². The number of hydrogen-bond acceptors (Lipinski definition) is 5. The molecule has 21 heavy (non-hydrogen) atoms. The molecule has 4 nitrogen and oxygen atoms in total. The highest BCUT2D eigenvalue weighted by atomic mass is 32.1. The van der Waals surface area contributed by atoms with E-state index in [1.54, 1.807) is 27.6 Å². The molecule has 0 bridgehead atoms. The molecule has 0 aliphatic heterocycles. The van der Waals surface area contributed by atoms with E-state index in [0.717, 1.165) is 12.8 Å².